The van der Waals surface area contributed by atoms with E-state index >= 15 is 0 Å². The number of carbonyl (C=O) groups is 1. The van der Waals surface area contributed by atoms with Gasteiger partial charge in [-0.1, -0.05) is 50.8 Å². The van der Waals surface area contributed by atoms with Crippen LogP contribution in [-0.2, 0) is 19.1 Å². The maximum Gasteiger partial charge on any atom is 0.346 e. The van der Waals surface area contributed by atoms with E-state index in [4.69, 9.17) is 0 Å². The molecule has 0 amide bonds. The standard InChI is InChI=1S/C11H10O4S.C4H11N/c1-2-3-9-11(12)15-16(13,14)10-7-5-4-6-8-10;1-3-5-4-2/h2-9H,1H2;5H,3-4H2,1-2H3. The normalized spacial score (nSPS) is 10.6. The Hall–Kier alpha value is -1.92. The summed E-state index contributed by atoms with van der Waals surface area (Å²) in [7, 11) is -4.03. The molecule has 0 saturated heterocycles. The summed E-state index contributed by atoms with van der Waals surface area (Å²) >= 11 is 0. The molecule has 1 aromatic rings. The Kier molecular flexibility index (Phi) is 9.83. The summed E-state index contributed by atoms with van der Waals surface area (Å²) in [6.45, 7) is 9.73. The highest BCUT2D eigenvalue weighted by Crippen LogP contribution is 2.11. The monoisotopic (exact) mass is 311 g/mol. The van der Waals surface area contributed by atoms with Gasteiger partial charge in [0.05, 0.1) is 0 Å². The average Bonchev–Trinajstić information content (AvgIpc) is 2.47. The predicted octanol–water partition coefficient (Wildman–Crippen LogP) is 2.28. The van der Waals surface area contributed by atoms with Crippen molar-refractivity contribution in [3.63, 3.8) is 0 Å². The summed E-state index contributed by atoms with van der Waals surface area (Å²) in [5.74, 6) is -0.955. The fourth-order valence-electron chi connectivity index (χ4n) is 1.17. The quantitative estimate of drug-likeness (QED) is 0.496. The lowest BCUT2D eigenvalue weighted by Gasteiger charge is -2.02. The van der Waals surface area contributed by atoms with Gasteiger partial charge in [-0.15, -0.1) is 0 Å². The summed E-state index contributed by atoms with van der Waals surface area (Å²) in [4.78, 5) is 11.0. The molecule has 0 aliphatic carbocycles. The van der Waals surface area contributed by atoms with E-state index in [1.165, 1.54) is 24.3 Å². The fraction of sp³-hybridized carbons (Fsp3) is 0.267. The van der Waals surface area contributed by atoms with Gasteiger partial charge in [0, 0.05) is 6.08 Å². The number of hydrogen-bond acceptors (Lipinski definition) is 5. The Bertz CT molecular complexity index is 548. The minimum absolute atomic E-state index is 0.0599. The molecule has 6 heteroatoms. The van der Waals surface area contributed by atoms with Crippen LogP contribution in [0.3, 0.4) is 0 Å². The van der Waals surface area contributed by atoms with Gasteiger partial charge >= 0.3 is 16.1 Å². The van der Waals surface area contributed by atoms with Gasteiger partial charge in [-0.05, 0) is 25.2 Å². The molecule has 0 fully saturated rings. The number of allylic oxidation sites excluding steroid dienone is 2. The van der Waals surface area contributed by atoms with Crippen LogP contribution in [0.5, 0.6) is 0 Å². The van der Waals surface area contributed by atoms with Gasteiger partial charge in [0.25, 0.3) is 0 Å². The average molecular weight is 311 g/mol. The van der Waals surface area contributed by atoms with E-state index in [0.717, 1.165) is 19.2 Å². The van der Waals surface area contributed by atoms with E-state index in [1.807, 2.05) is 0 Å². The van der Waals surface area contributed by atoms with Crippen LogP contribution < -0.4 is 5.32 Å². The largest absolute Gasteiger partial charge is 0.346 e. The van der Waals surface area contributed by atoms with Gasteiger partial charge in [0.15, 0.2) is 0 Å². The van der Waals surface area contributed by atoms with Crippen molar-refractivity contribution in [1.82, 2.24) is 5.32 Å². The molecule has 1 N–H and O–H groups in total. The number of rotatable bonds is 6. The lowest BCUT2D eigenvalue weighted by atomic mass is 10.4. The molecule has 0 heterocycles. The van der Waals surface area contributed by atoms with Crippen molar-refractivity contribution in [3.8, 4) is 0 Å². The van der Waals surface area contributed by atoms with Crippen molar-refractivity contribution in [2.24, 2.45) is 0 Å². The molecule has 1 rings (SSSR count). The van der Waals surface area contributed by atoms with Crippen LogP contribution in [0.4, 0.5) is 0 Å². The minimum atomic E-state index is -4.03. The van der Waals surface area contributed by atoms with Crippen molar-refractivity contribution in [2.45, 2.75) is 18.7 Å². The molecule has 0 atom stereocenters. The molecule has 0 radical (unpaired) electrons. The molecule has 1 aromatic carbocycles. The topological polar surface area (TPSA) is 72.5 Å². The van der Waals surface area contributed by atoms with Crippen molar-refractivity contribution < 1.29 is 17.4 Å². The fourth-order valence-corrected chi connectivity index (χ4v) is 2.03. The summed E-state index contributed by atoms with van der Waals surface area (Å²) in [6, 6.07) is 7.44. The Labute approximate surface area is 126 Å². The SMILES string of the molecule is C=CC=CC(=O)OS(=O)(=O)c1ccccc1.CCNCC. The summed E-state index contributed by atoms with van der Waals surface area (Å²) in [6.07, 6.45) is 3.62. The van der Waals surface area contributed by atoms with Crippen molar-refractivity contribution in [2.75, 3.05) is 13.1 Å². The number of carbonyl (C=O) groups excluding carboxylic acids is 1. The molecule has 116 valence electrons. The zero-order valence-corrected chi connectivity index (χ0v) is 13.1. The highest BCUT2D eigenvalue weighted by atomic mass is 32.2. The molecule has 0 saturated carbocycles. The lowest BCUT2D eigenvalue weighted by Crippen LogP contribution is -2.11. The minimum Gasteiger partial charge on any atom is -0.338 e. The van der Waals surface area contributed by atoms with Crippen LogP contribution in [0, 0.1) is 0 Å². The molecule has 5 nitrogen and oxygen atoms in total. The van der Waals surface area contributed by atoms with Crippen LogP contribution in [0.1, 0.15) is 13.8 Å². The third-order valence-corrected chi connectivity index (χ3v) is 3.33. The Balaban J connectivity index is 0.000000690. The van der Waals surface area contributed by atoms with E-state index in [-0.39, 0.29) is 4.90 Å². The Morgan fingerprint density at radius 2 is 1.81 bits per heavy atom. The van der Waals surface area contributed by atoms with Crippen LogP contribution >= 0.6 is 0 Å². The number of benzene rings is 1. The first kappa shape index (κ1) is 19.1. The second kappa shape index (κ2) is 10.8. The van der Waals surface area contributed by atoms with Crippen molar-refractivity contribution >= 4 is 16.1 Å². The molecule has 21 heavy (non-hydrogen) atoms. The summed E-state index contributed by atoms with van der Waals surface area (Å²) in [5.41, 5.74) is 0. The van der Waals surface area contributed by atoms with Gasteiger partial charge in [0.2, 0.25) is 0 Å². The van der Waals surface area contributed by atoms with Crippen LogP contribution in [0.25, 0.3) is 0 Å². The van der Waals surface area contributed by atoms with E-state index < -0.39 is 16.1 Å². The molecule has 0 aliphatic heterocycles. The van der Waals surface area contributed by atoms with Gasteiger partial charge in [-0.25, -0.2) is 4.79 Å². The smallest absolute Gasteiger partial charge is 0.338 e. The van der Waals surface area contributed by atoms with E-state index in [2.05, 4.69) is 29.9 Å². The molecule has 0 aromatic heterocycles. The predicted molar refractivity (Wildman–Crippen MR) is 83.3 cm³/mol. The van der Waals surface area contributed by atoms with E-state index in [1.54, 1.807) is 18.2 Å². The zero-order valence-electron chi connectivity index (χ0n) is 12.3. The molecule has 0 aliphatic rings. The van der Waals surface area contributed by atoms with Gasteiger partial charge in [-0.3, -0.25) is 0 Å². The second-order valence-corrected chi connectivity index (χ2v) is 5.27. The van der Waals surface area contributed by atoms with Gasteiger partial charge in [0.1, 0.15) is 4.90 Å². The molecular weight excluding hydrogens is 290 g/mol. The first-order valence-corrected chi connectivity index (χ1v) is 7.92. The van der Waals surface area contributed by atoms with E-state index in [0.29, 0.717) is 0 Å². The Morgan fingerprint density at radius 1 is 1.24 bits per heavy atom. The first-order chi connectivity index (χ1) is 9.97. The second-order valence-electron chi connectivity index (χ2n) is 3.72. The molecule has 0 unspecified atom stereocenters. The third kappa shape index (κ3) is 8.78. The summed E-state index contributed by atoms with van der Waals surface area (Å²) in [5, 5.41) is 3.11. The van der Waals surface area contributed by atoms with Crippen LogP contribution in [0.15, 0.2) is 60.0 Å². The molecule has 0 spiro atoms. The Morgan fingerprint density at radius 3 is 2.24 bits per heavy atom. The third-order valence-electron chi connectivity index (χ3n) is 2.09. The van der Waals surface area contributed by atoms with Gasteiger partial charge in [-0.2, -0.15) is 8.42 Å². The van der Waals surface area contributed by atoms with Crippen molar-refractivity contribution in [3.05, 3.63) is 55.1 Å². The lowest BCUT2D eigenvalue weighted by molar-refractivity contribution is -0.128. The molecule has 0 bridgehead atoms. The highest BCUT2D eigenvalue weighted by Gasteiger charge is 2.17. The molecular formula is C15H21NO4S. The zero-order chi connectivity index (χ0) is 16.1. The maximum atomic E-state index is 11.5. The first-order valence-electron chi connectivity index (χ1n) is 6.51. The van der Waals surface area contributed by atoms with Gasteiger partial charge < -0.3 is 9.50 Å². The van der Waals surface area contributed by atoms with Crippen LogP contribution in [-0.4, -0.2) is 27.5 Å². The van der Waals surface area contributed by atoms with Crippen LogP contribution in [0.2, 0.25) is 0 Å². The highest BCUT2D eigenvalue weighted by molar-refractivity contribution is 7.87. The summed E-state index contributed by atoms with van der Waals surface area (Å²) < 4.78 is 27.3. The number of nitrogens with one attached hydrogen (secondary N) is 1. The van der Waals surface area contributed by atoms with Crippen molar-refractivity contribution in [1.29, 1.82) is 0 Å². The maximum absolute atomic E-state index is 11.5. The van der Waals surface area contributed by atoms with E-state index in [9.17, 15) is 13.2 Å². The number of hydrogen-bond donors (Lipinski definition) is 1.